The lowest BCUT2D eigenvalue weighted by molar-refractivity contribution is 0.670. The highest BCUT2D eigenvalue weighted by Gasteiger charge is 2.18. The molecule has 0 aliphatic carbocycles. The molecule has 0 spiro atoms. The summed E-state index contributed by atoms with van der Waals surface area (Å²) in [6.07, 6.45) is 0. The van der Waals surface area contributed by atoms with Gasteiger partial charge >= 0.3 is 0 Å². The number of hydrogen-bond donors (Lipinski definition) is 0. The lowest BCUT2D eigenvalue weighted by atomic mass is 9.97. The second-order valence-corrected chi connectivity index (χ2v) is 15.2. The van der Waals surface area contributed by atoms with Gasteiger partial charge in [-0.3, -0.25) is 0 Å². The second-order valence-electron chi connectivity index (χ2n) is 15.2. The minimum absolute atomic E-state index is 0.646. The molecule has 0 saturated carbocycles. The molecule has 9 aromatic carbocycles. The van der Waals surface area contributed by atoms with Crippen LogP contribution in [0, 0.1) is 11.3 Å². The molecule has 0 bridgehead atoms. The van der Waals surface area contributed by atoms with Gasteiger partial charge in [0.1, 0.15) is 11.2 Å². The number of nitrogens with zero attached hydrogens (tertiary/aromatic N) is 3. The van der Waals surface area contributed by atoms with Gasteiger partial charge in [-0.05, 0) is 107 Å². The minimum atomic E-state index is 0.646. The SMILES string of the molecule is N#Cc1cccc(-n2c3ccccc3c3cc(-c4ccc(-c5ccc6c(c5)c5cc(-c7cccc8c7oc7ccccc78)ccc5n6-c5ccccc5)cc4)ccc32)c1. The predicted octanol–water partition coefficient (Wildman–Crippen LogP) is 14.7. The Morgan fingerprint density at radius 2 is 0.864 bits per heavy atom. The van der Waals surface area contributed by atoms with Crippen LogP contribution in [0.3, 0.4) is 0 Å². The number of rotatable bonds is 5. The molecule has 3 aromatic heterocycles. The first kappa shape index (κ1) is 33.1. The van der Waals surface area contributed by atoms with E-state index < -0.39 is 0 Å². The van der Waals surface area contributed by atoms with Gasteiger partial charge in [-0.25, -0.2) is 0 Å². The van der Waals surface area contributed by atoms with Gasteiger partial charge in [-0.15, -0.1) is 0 Å². The van der Waals surface area contributed by atoms with Crippen molar-refractivity contribution in [1.82, 2.24) is 9.13 Å². The molecule has 0 radical (unpaired) electrons. The lowest BCUT2D eigenvalue weighted by Gasteiger charge is -2.09. The van der Waals surface area contributed by atoms with E-state index in [9.17, 15) is 5.26 Å². The van der Waals surface area contributed by atoms with Gasteiger partial charge in [-0.1, -0.05) is 121 Å². The Hall–Kier alpha value is -8.13. The fraction of sp³-hybridized carbons (Fsp3) is 0. The second kappa shape index (κ2) is 13.0. The molecular weight excluding hydrogens is 719 g/mol. The third-order valence-corrected chi connectivity index (χ3v) is 12.0. The standard InChI is InChI=1S/C55H33N3O/c56-34-35-10-8-13-42(30-35)58-50-18-6-4-14-44(50)47-31-38(24-27-51(47)58)36-20-22-37(23-21-36)39-25-28-52-48(32-39)49-33-40(26-29-53(49)57(52)41-11-2-1-3-12-41)43-16-9-17-46-45-15-5-7-19-54(45)59-55(43)46/h1-33H. The van der Waals surface area contributed by atoms with Crippen molar-refractivity contribution in [1.29, 1.82) is 5.26 Å². The molecule has 0 fully saturated rings. The molecule has 4 nitrogen and oxygen atoms in total. The molecule has 274 valence electrons. The highest BCUT2D eigenvalue weighted by atomic mass is 16.3. The maximum atomic E-state index is 9.61. The Kier molecular flexibility index (Phi) is 7.26. The summed E-state index contributed by atoms with van der Waals surface area (Å²) in [7, 11) is 0. The zero-order chi connectivity index (χ0) is 39.0. The maximum absolute atomic E-state index is 9.61. The van der Waals surface area contributed by atoms with E-state index in [0.29, 0.717) is 5.56 Å². The molecule has 3 heterocycles. The zero-order valence-electron chi connectivity index (χ0n) is 31.8. The van der Waals surface area contributed by atoms with Gasteiger partial charge in [0, 0.05) is 49.3 Å². The van der Waals surface area contributed by atoms with Gasteiger partial charge in [0.05, 0.1) is 33.7 Å². The van der Waals surface area contributed by atoms with Crippen LogP contribution in [0.2, 0.25) is 0 Å². The molecule has 0 aliphatic rings. The normalized spacial score (nSPS) is 11.7. The van der Waals surface area contributed by atoms with Crippen molar-refractivity contribution in [3.63, 3.8) is 0 Å². The first-order chi connectivity index (χ1) is 29.2. The van der Waals surface area contributed by atoms with E-state index in [1.807, 2.05) is 30.3 Å². The Morgan fingerprint density at radius 3 is 1.58 bits per heavy atom. The van der Waals surface area contributed by atoms with Gasteiger partial charge in [0.2, 0.25) is 0 Å². The Balaban J connectivity index is 0.967. The molecule has 0 aliphatic heterocycles. The van der Waals surface area contributed by atoms with E-state index in [1.165, 1.54) is 27.1 Å². The fourth-order valence-corrected chi connectivity index (χ4v) is 9.20. The van der Waals surface area contributed by atoms with Crippen LogP contribution in [0.15, 0.2) is 205 Å². The summed E-state index contributed by atoms with van der Waals surface area (Å²) in [6.45, 7) is 0. The summed E-state index contributed by atoms with van der Waals surface area (Å²) in [6, 6.07) is 73.3. The van der Waals surface area contributed by atoms with Gasteiger partial charge < -0.3 is 13.6 Å². The molecule has 0 amide bonds. The predicted molar refractivity (Wildman–Crippen MR) is 243 cm³/mol. The third-order valence-electron chi connectivity index (χ3n) is 12.0. The van der Waals surface area contributed by atoms with Crippen LogP contribution in [-0.2, 0) is 0 Å². The third kappa shape index (κ3) is 5.16. The number of furan rings is 1. The smallest absolute Gasteiger partial charge is 0.143 e. The molecule has 4 heteroatoms. The summed E-state index contributed by atoms with van der Waals surface area (Å²) in [4.78, 5) is 0. The van der Waals surface area contributed by atoms with Crippen molar-refractivity contribution < 1.29 is 4.42 Å². The molecular formula is C55H33N3O. The van der Waals surface area contributed by atoms with Crippen molar-refractivity contribution in [2.75, 3.05) is 0 Å². The highest BCUT2D eigenvalue weighted by Crippen LogP contribution is 2.41. The maximum Gasteiger partial charge on any atom is 0.143 e. The average molecular weight is 752 g/mol. The number of fused-ring (bicyclic) bond motifs is 9. The molecule has 0 atom stereocenters. The quantitative estimate of drug-likeness (QED) is 0.176. The van der Waals surface area contributed by atoms with Crippen molar-refractivity contribution in [2.45, 2.75) is 0 Å². The minimum Gasteiger partial charge on any atom is -0.455 e. The molecule has 0 saturated heterocycles. The summed E-state index contributed by atoms with van der Waals surface area (Å²) >= 11 is 0. The first-order valence-electron chi connectivity index (χ1n) is 19.9. The topological polar surface area (TPSA) is 46.8 Å². The van der Waals surface area contributed by atoms with E-state index in [-0.39, 0.29) is 0 Å². The van der Waals surface area contributed by atoms with Crippen LogP contribution in [0.25, 0.3) is 110 Å². The van der Waals surface area contributed by atoms with E-state index >= 15 is 0 Å². The number of para-hydroxylation sites is 4. The van der Waals surface area contributed by atoms with Gasteiger partial charge in [0.15, 0.2) is 0 Å². The molecule has 0 N–H and O–H groups in total. The van der Waals surface area contributed by atoms with E-state index in [1.54, 1.807) is 0 Å². The lowest BCUT2D eigenvalue weighted by Crippen LogP contribution is -1.94. The molecule has 59 heavy (non-hydrogen) atoms. The van der Waals surface area contributed by atoms with Gasteiger partial charge in [-0.2, -0.15) is 5.26 Å². The average Bonchev–Trinajstić information content (AvgIpc) is 3.96. The van der Waals surface area contributed by atoms with E-state index in [0.717, 1.165) is 83.2 Å². The summed E-state index contributed by atoms with van der Waals surface area (Å²) in [5.41, 5.74) is 16.0. The Bertz CT molecular complexity index is 3670. The largest absolute Gasteiger partial charge is 0.455 e. The van der Waals surface area contributed by atoms with Crippen LogP contribution in [0.1, 0.15) is 5.56 Å². The highest BCUT2D eigenvalue weighted by molar-refractivity contribution is 6.14. The Morgan fingerprint density at radius 1 is 0.356 bits per heavy atom. The van der Waals surface area contributed by atoms with Crippen LogP contribution in [-0.4, -0.2) is 9.13 Å². The van der Waals surface area contributed by atoms with Crippen LogP contribution < -0.4 is 0 Å². The van der Waals surface area contributed by atoms with Crippen LogP contribution in [0.4, 0.5) is 0 Å². The summed E-state index contributed by atoms with van der Waals surface area (Å²) in [5, 5.41) is 16.6. The van der Waals surface area contributed by atoms with Gasteiger partial charge in [0.25, 0.3) is 0 Å². The van der Waals surface area contributed by atoms with Crippen molar-refractivity contribution >= 4 is 65.6 Å². The molecule has 12 aromatic rings. The number of benzene rings is 9. The summed E-state index contributed by atoms with van der Waals surface area (Å²) < 4.78 is 11.1. The van der Waals surface area contributed by atoms with E-state index in [4.69, 9.17) is 4.42 Å². The Labute approximate surface area is 339 Å². The number of nitriles is 1. The molecule has 12 rings (SSSR count). The fourth-order valence-electron chi connectivity index (χ4n) is 9.20. The van der Waals surface area contributed by atoms with Crippen molar-refractivity contribution in [3.8, 4) is 50.8 Å². The summed E-state index contributed by atoms with van der Waals surface area (Å²) in [5.74, 6) is 0. The molecule has 0 unspecified atom stereocenters. The van der Waals surface area contributed by atoms with Crippen molar-refractivity contribution in [3.05, 3.63) is 206 Å². The van der Waals surface area contributed by atoms with Crippen molar-refractivity contribution in [2.24, 2.45) is 0 Å². The van der Waals surface area contributed by atoms with Crippen LogP contribution in [0.5, 0.6) is 0 Å². The van der Waals surface area contributed by atoms with Crippen LogP contribution >= 0.6 is 0 Å². The number of hydrogen-bond acceptors (Lipinski definition) is 2. The zero-order valence-corrected chi connectivity index (χ0v) is 31.8. The van der Waals surface area contributed by atoms with E-state index in [2.05, 4.69) is 185 Å². The monoisotopic (exact) mass is 751 g/mol. The first-order valence-corrected chi connectivity index (χ1v) is 19.9. The number of aromatic nitrogens is 2.